The molecule has 2 saturated heterocycles. The van der Waals surface area contributed by atoms with Gasteiger partial charge in [-0.15, -0.1) is 0 Å². The number of piperidine rings is 2. The molecule has 2 heterocycles. The van der Waals surface area contributed by atoms with Crippen LogP contribution in [0.2, 0.25) is 0 Å². The van der Waals surface area contributed by atoms with Crippen LogP contribution in [0.15, 0.2) is 0 Å². The van der Waals surface area contributed by atoms with E-state index in [2.05, 4.69) is 4.90 Å². The average molecular weight is 208 g/mol. The second-order valence-corrected chi connectivity index (χ2v) is 5.94. The number of nitrogens with zero attached hydrogens (tertiary/aromatic N) is 1. The van der Waals surface area contributed by atoms with Crippen molar-refractivity contribution in [2.75, 3.05) is 6.54 Å². The van der Waals surface area contributed by atoms with Crippen LogP contribution in [0.5, 0.6) is 0 Å². The molecule has 0 spiro atoms. The molecule has 0 radical (unpaired) electrons. The van der Waals surface area contributed by atoms with Crippen molar-refractivity contribution in [1.29, 1.82) is 0 Å². The van der Waals surface area contributed by atoms with Gasteiger partial charge in [0, 0.05) is 18.1 Å². The molecule has 2 nitrogen and oxygen atoms in total. The third-order valence-electron chi connectivity index (χ3n) is 4.65. The zero-order valence-electron chi connectivity index (χ0n) is 9.70. The van der Waals surface area contributed by atoms with E-state index in [9.17, 15) is 0 Å². The van der Waals surface area contributed by atoms with E-state index in [1.54, 1.807) is 0 Å². The van der Waals surface area contributed by atoms with Crippen LogP contribution >= 0.6 is 0 Å². The summed E-state index contributed by atoms with van der Waals surface area (Å²) in [5.74, 6) is 1.08. The van der Waals surface area contributed by atoms with Crippen molar-refractivity contribution in [2.45, 2.75) is 69.5 Å². The van der Waals surface area contributed by atoms with Gasteiger partial charge in [-0.25, -0.2) is 0 Å². The minimum Gasteiger partial charge on any atom is -0.328 e. The minimum atomic E-state index is 0.498. The van der Waals surface area contributed by atoms with Crippen molar-refractivity contribution >= 4 is 0 Å². The van der Waals surface area contributed by atoms with E-state index in [1.807, 2.05) is 0 Å². The second-order valence-electron chi connectivity index (χ2n) is 5.94. The third kappa shape index (κ3) is 2.21. The van der Waals surface area contributed by atoms with Crippen LogP contribution < -0.4 is 5.73 Å². The largest absolute Gasteiger partial charge is 0.328 e. The SMILES string of the molecule is NC1CC2CCCC(C1)N2CCC1CC1. The van der Waals surface area contributed by atoms with E-state index in [0.29, 0.717) is 6.04 Å². The first-order chi connectivity index (χ1) is 7.33. The predicted octanol–water partition coefficient (Wildman–Crippen LogP) is 2.13. The molecule has 0 aromatic carbocycles. The molecule has 2 bridgehead atoms. The fourth-order valence-corrected chi connectivity index (χ4v) is 3.62. The van der Waals surface area contributed by atoms with Crippen LogP contribution in [0.3, 0.4) is 0 Å². The summed E-state index contributed by atoms with van der Waals surface area (Å²) in [7, 11) is 0. The Morgan fingerprint density at radius 1 is 1.00 bits per heavy atom. The van der Waals surface area contributed by atoms with Gasteiger partial charge in [-0.1, -0.05) is 19.3 Å². The van der Waals surface area contributed by atoms with Gasteiger partial charge in [0.2, 0.25) is 0 Å². The lowest BCUT2D eigenvalue weighted by molar-refractivity contribution is 0.0296. The summed E-state index contributed by atoms with van der Waals surface area (Å²) in [5, 5.41) is 0. The summed E-state index contributed by atoms with van der Waals surface area (Å²) in [4.78, 5) is 2.81. The highest BCUT2D eigenvalue weighted by Gasteiger charge is 2.37. The van der Waals surface area contributed by atoms with E-state index >= 15 is 0 Å². The molecule has 86 valence electrons. The maximum Gasteiger partial charge on any atom is 0.0113 e. The lowest BCUT2D eigenvalue weighted by Crippen LogP contribution is -2.55. The fourth-order valence-electron chi connectivity index (χ4n) is 3.62. The van der Waals surface area contributed by atoms with Gasteiger partial charge < -0.3 is 5.73 Å². The molecule has 3 aliphatic rings. The maximum absolute atomic E-state index is 6.13. The Morgan fingerprint density at radius 2 is 1.67 bits per heavy atom. The van der Waals surface area contributed by atoms with E-state index < -0.39 is 0 Å². The normalized spacial score (nSPS) is 41.8. The third-order valence-corrected chi connectivity index (χ3v) is 4.65. The predicted molar refractivity (Wildman–Crippen MR) is 62.7 cm³/mol. The molecule has 3 fully saturated rings. The molecule has 1 saturated carbocycles. The summed E-state index contributed by atoms with van der Waals surface area (Å²) < 4.78 is 0. The molecule has 1 aliphatic carbocycles. The first kappa shape index (κ1) is 10.1. The number of fused-ring (bicyclic) bond motifs is 2. The van der Waals surface area contributed by atoms with Crippen LogP contribution in [-0.2, 0) is 0 Å². The van der Waals surface area contributed by atoms with Crippen molar-refractivity contribution in [3.05, 3.63) is 0 Å². The highest BCUT2D eigenvalue weighted by molar-refractivity contribution is 4.94. The van der Waals surface area contributed by atoms with Crippen LogP contribution in [0, 0.1) is 5.92 Å². The Balaban J connectivity index is 1.59. The Morgan fingerprint density at radius 3 is 2.27 bits per heavy atom. The van der Waals surface area contributed by atoms with Gasteiger partial charge >= 0.3 is 0 Å². The summed E-state index contributed by atoms with van der Waals surface area (Å²) in [5.41, 5.74) is 6.13. The molecule has 15 heavy (non-hydrogen) atoms. The molecule has 0 amide bonds. The van der Waals surface area contributed by atoms with E-state index in [-0.39, 0.29) is 0 Å². The Labute approximate surface area is 93.2 Å². The van der Waals surface area contributed by atoms with Gasteiger partial charge in [0.05, 0.1) is 0 Å². The highest BCUT2D eigenvalue weighted by atomic mass is 15.2. The standard InChI is InChI=1S/C13H24N2/c14-11-8-12-2-1-3-13(9-11)15(12)7-6-10-4-5-10/h10-13H,1-9,14H2. The number of nitrogens with two attached hydrogens (primary N) is 1. The highest BCUT2D eigenvalue weighted by Crippen LogP contribution is 2.37. The van der Waals surface area contributed by atoms with Crippen LogP contribution in [0.25, 0.3) is 0 Å². The topological polar surface area (TPSA) is 29.3 Å². The summed E-state index contributed by atoms with van der Waals surface area (Å²) >= 11 is 0. The first-order valence-electron chi connectivity index (χ1n) is 6.84. The molecule has 2 atom stereocenters. The summed E-state index contributed by atoms with van der Waals surface area (Å²) in [6.07, 6.45) is 11.3. The molecule has 2 heteroatoms. The van der Waals surface area contributed by atoms with Gasteiger partial charge in [-0.2, -0.15) is 0 Å². The first-order valence-corrected chi connectivity index (χ1v) is 6.84. The van der Waals surface area contributed by atoms with Gasteiger partial charge in [0.15, 0.2) is 0 Å². The average Bonchev–Trinajstić information content (AvgIpc) is 2.98. The van der Waals surface area contributed by atoms with Crippen LogP contribution in [0.4, 0.5) is 0 Å². The van der Waals surface area contributed by atoms with Crippen molar-refractivity contribution in [2.24, 2.45) is 11.7 Å². The number of rotatable bonds is 3. The van der Waals surface area contributed by atoms with Gasteiger partial charge in [-0.05, 0) is 44.6 Å². The van der Waals surface area contributed by atoms with Crippen LogP contribution in [0.1, 0.15) is 51.4 Å². The van der Waals surface area contributed by atoms with Crippen LogP contribution in [-0.4, -0.2) is 29.6 Å². The quantitative estimate of drug-likeness (QED) is 0.770. The molecular formula is C13H24N2. The van der Waals surface area contributed by atoms with E-state index in [1.165, 1.54) is 57.9 Å². The molecule has 3 rings (SSSR count). The molecule has 0 aromatic heterocycles. The smallest absolute Gasteiger partial charge is 0.0113 e. The zero-order chi connectivity index (χ0) is 10.3. The lowest BCUT2D eigenvalue weighted by Gasteiger charge is -2.48. The molecule has 2 unspecified atom stereocenters. The van der Waals surface area contributed by atoms with E-state index in [4.69, 9.17) is 5.73 Å². The fraction of sp³-hybridized carbons (Fsp3) is 1.00. The Bertz CT molecular complexity index is 211. The zero-order valence-corrected chi connectivity index (χ0v) is 9.70. The molecule has 0 aromatic rings. The van der Waals surface area contributed by atoms with Gasteiger partial charge in [-0.3, -0.25) is 4.90 Å². The lowest BCUT2D eigenvalue weighted by atomic mass is 9.82. The Kier molecular flexibility index (Phi) is 2.73. The molecular weight excluding hydrogens is 184 g/mol. The summed E-state index contributed by atoms with van der Waals surface area (Å²) in [6.45, 7) is 1.37. The van der Waals surface area contributed by atoms with Crippen molar-refractivity contribution in [3.8, 4) is 0 Å². The van der Waals surface area contributed by atoms with E-state index in [0.717, 1.165) is 18.0 Å². The summed E-state index contributed by atoms with van der Waals surface area (Å²) in [6, 6.07) is 2.18. The molecule has 2 N–H and O–H groups in total. The number of hydrogen-bond donors (Lipinski definition) is 1. The van der Waals surface area contributed by atoms with Crippen molar-refractivity contribution < 1.29 is 0 Å². The van der Waals surface area contributed by atoms with Crippen molar-refractivity contribution in [1.82, 2.24) is 4.90 Å². The monoisotopic (exact) mass is 208 g/mol. The van der Waals surface area contributed by atoms with Crippen molar-refractivity contribution in [3.63, 3.8) is 0 Å². The number of hydrogen-bond acceptors (Lipinski definition) is 2. The minimum absolute atomic E-state index is 0.498. The Hall–Kier alpha value is -0.0800. The van der Waals surface area contributed by atoms with Gasteiger partial charge in [0.1, 0.15) is 0 Å². The molecule has 2 aliphatic heterocycles. The van der Waals surface area contributed by atoms with Gasteiger partial charge in [0.25, 0.3) is 0 Å². The maximum atomic E-state index is 6.13. The second kappa shape index (κ2) is 4.06.